The lowest BCUT2D eigenvalue weighted by Gasteiger charge is -2.23. The van der Waals surface area contributed by atoms with Crippen molar-refractivity contribution in [1.82, 2.24) is 4.90 Å². The van der Waals surface area contributed by atoms with E-state index in [9.17, 15) is 9.18 Å². The Labute approximate surface area is 119 Å². The zero-order chi connectivity index (χ0) is 15.4. The molecule has 2 N–H and O–H groups in total. The predicted molar refractivity (Wildman–Crippen MR) is 78.5 cm³/mol. The molecule has 0 aliphatic carbocycles. The lowest BCUT2D eigenvalue weighted by atomic mass is 10.2. The van der Waals surface area contributed by atoms with Crippen LogP contribution in [0.1, 0.15) is 13.8 Å². The van der Waals surface area contributed by atoms with Crippen molar-refractivity contribution in [1.29, 1.82) is 0 Å². The molecular formula is C14H22FN3O2. The molecule has 0 aromatic heterocycles. The number of benzene rings is 1. The summed E-state index contributed by atoms with van der Waals surface area (Å²) in [4.78, 5) is 14.9. The molecule has 1 aromatic carbocycles. The van der Waals surface area contributed by atoms with Crippen LogP contribution < -0.4 is 15.4 Å². The van der Waals surface area contributed by atoms with Gasteiger partial charge in [0.2, 0.25) is 5.91 Å². The summed E-state index contributed by atoms with van der Waals surface area (Å²) < 4.78 is 19.1. The summed E-state index contributed by atoms with van der Waals surface area (Å²) in [7, 11) is 5.08. The first-order valence-corrected chi connectivity index (χ1v) is 6.39. The largest absolute Gasteiger partial charge is 0.488 e. The molecule has 0 aliphatic rings. The molecule has 0 saturated heterocycles. The van der Waals surface area contributed by atoms with Gasteiger partial charge in [-0.05, 0) is 13.8 Å². The highest BCUT2D eigenvalue weighted by atomic mass is 19.1. The molecule has 0 heterocycles. The van der Waals surface area contributed by atoms with Crippen molar-refractivity contribution < 1.29 is 13.9 Å². The van der Waals surface area contributed by atoms with Gasteiger partial charge in [-0.15, -0.1) is 0 Å². The zero-order valence-corrected chi connectivity index (χ0v) is 12.6. The summed E-state index contributed by atoms with van der Waals surface area (Å²) in [6, 6.07) is 2.73. The average Bonchev–Trinajstić information content (AvgIpc) is 2.31. The molecule has 112 valence electrons. The van der Waals surface area contributed by atoms with E-state index in [1.54, 1.807) is 26.0 Å². The number of hydrogen-bond acceptors (Lipinski definition) is 4. The molecule has 0 unspecified atom stereocenters. The van der Waals surface area contributed by atoms with Crippen LogP contribution >= 0.6 is 0 Å². The van der Waals surface area contributed by atoms with Gasteiger partial charge in [0, 0.05) is 33.3 Å². The molecule has 0 bridgehead atoms. The van der Waals surface area contributed by atoms with Gasteiger partial charge in [0.25, 0.3) is 0 Å². The lowest BCUT2D eigenvalue weighted by molar-refractivity contribution is -0.127. The molecule has 20 heavy (non-hydrogen) atoms. The van der Waals surface area contributed by atoms with E-state index < -0.39 is 5.82 Å². The third kappa shape index (κ3) is 4.01. The van der Waals surface area contributed by atoms with E-state index in [1.807, 2.05) is 13.8 Å². The molecule has 5 nitrogen and oxygen atoms in total. The Morgan fingerprint density at radius 1 is 1.35 bits per heavy atom. The maximum absolute atomic E-state index is 13.7. The number of likely N-dealkylation sites (N-methyl/N-ethyl adjacent to an activating group) is 2. The average molecular weight is 283 g/mol. The van der Waals surface area contributed by atoms with Gasteiger partial charge in [0.05, 0.1) is 24.0 Å². The van der Waals surface area contributed by atoms with Crippen LogP contribution in [0.15, 0.2) is 12.1 Å². The van der Waals surface area contributed by atoms with Gasteiger partial charge in [-0.2, -0.15) is 0 Å². The monoisotopic (exact) mass is 283 g/mol. The van der Waals surface area contributed by atoms with Crippen molar-refractivity contribution in [3.05, 3.63) is 17.9 Å². The van der Waals surface area contributed by atoms with Gasteiger partial charge < -0.3 is 20.3 Å². The fraction of sp³-hybridized carbons (Fsp3) is 0.500. The van der Waals surface area contributed by atoms with Crippen LogP contribution in [0.4, 0.5) is 15.8 Å². The van der Waals surface area contributed by atoms with Crippen molar-refractivity contribution in [2.75, 3.05) is 38.3 Å². The van der Waals surface area contributed by atoms with E-state index in [4.69, 9.17) is 10.5 Å². The number of anilines is 2. The van der Waals surface area contributed by atoms with Gasteiger partial charge in [-0.1, -0.05) is 0 Å². The first kappa shape index (κ1) is 16.1. The van der Waals surface area contributed by atoms with E-state index in [-0.39, 0.29) is 30.0 Å². The van der Waals surface area contributed by atoms with Crippen molar-refractivity contribution >= 4 is 17.3 Å². The molecule has 0 saturated carbocycles. The van der Waals surface area contributed by atoms with Crippen molar-refractivity contribution in [3.63, 3.8) is 0 Å². The van der Waals surface area contributed by atoms with Gasteiger partial charge in [0.15, 0.2) is 11.6 Å². The smallest absolute Gasteiger partial charge is 0.241 e. The standard InChI is InChI=1S/C14H22FN3O2/c1-9(2)20-13-7-12(11(16)6-10(13)15)18(5)8-14(19)17(3)4/h6-7,9H,8,16H2,1-5H3. The Morgan fingerprint density at radius 3 is 2.45 bits per heavy atom. The normalized spacial score (nSPS) is 10.6. The second kappa shape index (κ2) is 6.45. The minimum atomic E-state index is -0.507. The molecular weight excluding hydrogens is 261 g/mol. The fourth-order valence-electron chi connectivity index (χ4n) is 1.66. The van der Waals surface area contributed by atoms with E-state index in [0.29, 0.717) is 5.69 Å². The molecule has 0 aliphatic heterocycles. The first-order valence-electron chi connectivity index (χ1n) is 6.39. The summed E-state index contributed by atoms with van der Waals surface area (Å²) in [5, 5.41) is 0. The topological polar surface area (TPSA) is 58.8 Å². The molecule has 1 aromatic rings. The lowest BCUT2D eigenvalue weighted by Crippen LogP contribution is -2.34. The second-order valence-electron chi connectivity index (χ2n) is 5.15. The molecule has 0 atom stereocenters. The minimum absolute atomic E-state index is 0.0671. The van der Waals surface area contributed by atoms with Crippen molar-refractivity contribution in [3.8, 4) is 5.75 Å². The SMILES string of the molecule is CC(C)Oc1cc(N(C)CC(=O)N(C)C)c(N)cc1F. The summed E-state index contributed by atoms with van der Waals surface area (Å²) >= 11 is 0. The van der Waals surface area contributed by atoms with E-state index in [0.717, 1.165) is 0 Å². The van der Waals surface area contributed by atoms with Gasteiger partial charge >= 0.3 is 0 Å². The highest BCUT2D eigenvalue weighted by Gasteiger charge is 2.16. The highest BCUT2D eigenvalue weighted by Crippen LogP contribution is 2.31. The Kier molecular flexibility index (Phi) is 5.19. The Bertz CT molecular complexity index is 490. The summed E-state index contributed by atoms with van der Waals surface area (Å²) in [6.07, 6.45) is -0.144. The molecule has 1 amide bonds. The van der Waals surface area contributed by atoms with Crippen LogP contribution in [-0.2, 0) is 4.79 Å². The van der Waals surface area contributed by atoms with Crippen LogP contribution in [-0.4, -0.2) is 44.6 Å². The third-order valence-electron chi connectivity index (χ3n) is 2.73. The first-order chi connectivity index (χ1) is 9.22. The number of nitrogens with zero attached hydrogens (tertiary/aromatic N) is 2. The maximum atomic E-state index is 13.7. The third-order valence-corrected chi connectivity index (χ3v) is 2.73. The molecule has 6 heteroatoms. The van der Waals surface area contributed by atoms with Crippen LogP contribution in [0.5, 0.6) is 5.75 Å². The number of carbonyl (C=O) groups is 1. The molecule has 0 spiro atoms. The number of rotatable bonds is 5. The van der Waals surface area contributed by atoms with Gasteiger partial charge in [0.1, 0.15) is 0 Å². The summed E-state index contributed by atoms with van der Waals surface area (Å²) in [6.45, 7) is 3.79. The number of carbonyl (C=O) groups excluding carboxylic acids is 1. The molecule has 1 rings (SSSR count). The predicted octanol–water partition coefficient (Wildman–Crippen LogP) is 1.72. The van der Waals surface area contributed by atoms with Crippen LogP contribution in [0.2, 0.25) is 0 Å². The summed E-state index contributed by atoms with van der Waals surface area (Å²) in [5.74, 6) is -0.441. The quantitative estimate of drug-likeness (QED) is 0.836. The molecule has 0 fully saturated rings. The van der Waals surface area contributed by atoms with Crippen molar-refractivity contribution in [2.24, 2.45) is 0 Å². The van der Waals surface area contributed by atoms with E-state index >= 15 is 0 Å². The number of nitrogen functional groups attached to an aromatic ring is 1. The number of halogens is 1. The maximum Gasteiger partial charge on any atom is 0.241 e. The molecule has 0 radical (unpaired) electrons. The Balaban J connectivity index is 3.01. The Morgan fingerprint density at radius 2 is 1.95 bits per heavy atom. The number of nitrogens with two attached hydrogens (primary N) is 1. The van der Waals surface area contributed by atoms with E-state index in [1.165, 1.54) is 17.0 Å². The van der Waals surface area contributed by atoms with E-state index in [2.05, 4.69) is 0 Å². The van der Waals surface area contributed by atoms with Gasteiger partial charge in [-0.3, -0.25) is 4.79 Å². The number of amides is 1. The number of hydrogen-bond donors (Lipinski definition) is 1. The Hall–Kier alpha value is -1.98. The summed E-state index contributed by atoms with van der Waals surface area (Å²) in [5.41, 5.74) is 6.65. The van der Waals surface area contributed by atoms with Gasteiger partial charge in [-0.25, -0.2) is 4.39 Å². The van der Waals surface area contributed by atoms with Crippen LogP contribution in [0, 0.1) is 5.82 Å². The van der Waals surface area contributed by atoms with Crippen LogP contribution in [0.3, 0.4) is 0 Å². The van der Waals surface area contributed by atoms with Crippen LogP contribution in [0.25, 0.3) is 0 Å². The fourth-order valence-corrected chi connectivity index (χ4v) is 1.66. The highest BCUT2D eigenvalue weighted by molar-refractivity contribution is 5.83. The second-order valence-corrected chi connectivity index (χ2v) is 5.15. The van der Waals surface area contributed by atoms with Crippen molar-refractivity contribution in [2.45, 2.75) is 20.0 Å². The minimum Gasteiger partial charge on any atom is -0.488 e. The number of ether oxygens (including phenoxy) is 1. The zero-order valence-electron chi connectivity index (χ0n) is 12.6.